The molecule has 6 nitrogen and oxygen atoms in total. The number of benzene rings is 2. The number of amides is 1. The van der Waals surface area contributed by atoms with Crippen molar-refractivity contribution < 1.29 is 14.5 Å². The van der Waals surface area contributed by atoms with Crippen molar-refractivity contribution in [3.05, 3.63) is 63.7 Å². The Labute approximate surface area is 131 Å². The van der Waals surface area contributed by atoms with Crippen LogP contribution in [0.3, 0.4) is 0 Å². The van der Waals surface area contributed by atoms with Gasteiger partial charge in [-0.25, -0.2) is 0 Å². The molecule has 23 heavy (non-hydrogen) atoms. The summed E-state index contributed by atoms with van der Waals surface area (Å²) < 4.78 is 5.92. The van der Waals surface area contributed by atoms with Crippen LogP contribution in [0.15, 0.2) is 42.5 Å². The van der Waals surface area contributed by atoms with Crippen molar-refractivity contribution in [3.63, 3.8) is 0 Å². The number of nitrogens with zero attached hydrogens (tertiary/aromatic N) is 2. The Morgan fingerprint density at radius 1 is 1.13 bits per heavy atom. The van der Waals surface area contributed by atoms with E-state index in [-0.39, 0.29) is 11.6 Å². The van der Waals surface area contributed by atoms with Gasteiger partial charge in [0, 0.05) is 36.9 Å². The van der Waals surface area contributed by atoms with Crippen LogP contribution in [0.25, 0.3) is 11.1 Å². The number of nitro benzene ring substituents is 1. The molecule has 0 aliphatic carbocycles. The summed E-state index contributed by atoms with van der Waals surface area (Å²) in [5.74, 6) is 0.953. The third-order valence-corrected chi connectivity index (χ3v) is 4.13. The van der Waals surface area contributed by atoms with Crippen LogP contribution in [-0.4, -0.2) is 29.3 Å². The molecule has 0 atom stereocenters. The highest BCUT2D eigenvalue weighted by atomic mass is 16.6. The van der Waals surface area contributed by atoms with E-state index in [1.807, 2.05) is 24.3 Å². The van der Waals surface area contributed by atoms with Crippen LogP contribution in [0, 0.1) is 10.1 Å². The second kappa shape index (κ2) is 4.67. The fourth-order valence-electron chi connectivity index (χ4n) is 3.04. The van der Waals surface area contributed by atoms with Crippen molar-refractivity contribution in [3.8, 4) is 11.5 Å². The molecule has 1 amide bonds. The Bertz CT molecular complexity index is 901. The van der Waals surface area contributed by atoms with Crippen molar-refractivity contribution in [2.24, 2.45) is 0 Å². The van der Waals surface area contributed by atoms with Gasteiger partial charge in [0.25, 0.3) is 11.6 Å². The van der Waals surface area contributed by atoms with Crippen molar-refractivity contribution in [1.29, 1.82) is 0 Å². The van der Waals surface area contributed by atoms with E-state index in [0.717, 1.165) is 11.1 Å². The summed E-state index contributed by atoms with van der Waals surface area (Å²) in [5.41, 5.74) is 2.58. The second-order valence-electron chi connectivity index (χ2n) is 5.55. The molecule has 2 aliphatic heterocycles. The summed E-state index contributed by atoms with van der Waals surface area (Å²) in [5, 5.41) is 11.1. The molecule has 114 valence electrons. The maximum absolute atomic E-state index is 12.6. The number of carbonyl (C=O) groups excluding carboxylic acids is 1. The lowest BCUT2D eigenvalue weighted by atomic mass is 9.96. The molecule has 2 heterocycles. The summed E-state index contributed by atoms with van der Waals surface area (Å²) in [4.78, 5) is 24.8. The van der Waals surface area contributed by atoms with Crippen LogP contribution in [0.2, 0.25) is 0 Å². The molecule has 0 fully saturated rings. The van der Waals surface area contributed by atoms with Crippen LogP contribution in [-0.2, 0) is 4.79 Å². The SMILES string of the molecule is CN1CC2=C(C1=O)c1cc([N+](=O)[O-])ccc1Oc1ccccc12. The third-order valence-electron chi connectivity index (χ3n) is 4.13. The lowest BCUT2D eigenvalue weighted by Crippen LogP contribution is -2.21. The van der Waals surface area contributed by atoms with E-state index in [0.29, 0.717) is 29.2 Å². The fourth-order valence-corrected chi connectivity index (χ4v) is 3.04. The van der Waals surface area contributed by atoms with E-state index in [1.54, 1.807) is 18.0 Å². The summed E-state index contributed by atoms with van der Waals surface area (Å²) in [7, 11) is 1.72. The Kier molecular flexibility index (Phi) is 2.74. The van der Waals surface area contributed by atoms with Gasteiger partial charge in [0.1, 0.15) is 11.5 Å². The van der Waals surface area contributed by atoms with E-state index >= 15 is 0 Å². The zero-order valence-electron chi connectivity index (χ0n) is 12.3. The predicted octanol–water partition coefficient (Wildman–Crippen LogP) is 3.08. The molecule has 4 rings (SSSR count). The number of para-hydroxylation sites is 1. The third kappa shape index (κ3) is 1.92. The van der Waals surface area contributed by atoms with Crippen LogP contribution >= 0.6 is 0 Å². The number of likely N-dealkylation sites (N-methyl/N-ethyl adjacent to an activating group) is 1. The minimum atomic E-state index is -0.471. The van der Waals surface area contributed by atoms with E-state index in [9.17, 15) is 14.9 Å². The lowest BCUT2D eigenvalue weighted by molar-refractivity contribution is -0.384. The minimum absolute atomic E-state index is 0.0625. The molecule has 0 unspecified atom stereocenters. The lowest BCUT2D eigenvalue weighted by Gasteiger charge is -2.14. The highest BCUT2D eigenvalue weighted by Crippen LogP contribution is 2.46. The van der Waals surface area contributed by atoms with Crippen molar-refractivity contribution in [2.75, 3.05) is 13.6 Å². The molecule has 0 aromatic heterocycles. The first-order valence-electron chi connectivity index (χ1n) is 7.11. The summed E-state index contributed by atoms with van der Waals surface area (Å²) in [6.07, 6.45) is 0. The average molecular weight is 308 g/mol. The van der Waals surface area contributed by atoms with Gasteiger partial charge < -0.3 is 9.64 Å². The number of nitro groups is 1. The number of non-ortho nitro benzene ring substituents is 1. The number of hydrogen-bond donors (Lipinski definition) is 0. The minimum Gasteiger partial charge on any atom is -0.456 e. The molecule has 6 heteroatoms. The van der Waals surface area contributed by atoms with Gasteiger partial charge in [-0.15, -0.1) is 0 Å². The van der Waals surface area contributed by atoms with Gasteiger partial charge in [0.05, 0.1) is 10.5 Å². The van der Waals surface area contributed by atoms with Gasteiger partial charge in [-0.05, 0) is 17.7 Å². The normalized spacial score (nSPS) is 15.5. The highest BCUT2D eigenvalue weighted by molar-refractivity contribution is 6.31. The molecular weight excluding hydrogens is 296 g/mol. The highest BCUT2D eigenvalue weighted by Gasteiger charge is 2.35. The standard InChI is InChI=1S/C17H12N2O4/c1-18-9-13-11-4-2-3-5-14(11)23-15-7-6-10(19(21)22)8-12(15)16(13)17(18)20/h2-8H,9H2,1H3. The van der Waals surface area contributed by atoms with Gasteiger partial charge in [-0.1, -0.05) is 18.2 Å². The quantitative estimate of drug-likeness (QED) is 0.599. The topological polar surface area (TPSA) is 72.7 Å². The zero-order valence-corrected chi connectivity index (χ0v) is 12.3. The second-order valence-corrected chi connectivity index (χ2v) is 5.55. The Balaban J connectivity index is 2.04. The summed E-state index contributed by atoms with van der Waals surface area (Å²) in [6, 6.07) is 11.8. The number of ether oxygens (including phenoxy) is 1. The van der Waals surface area contributed by atoms with E-state index < -0.39 is 4.92 Å². The Morgan fingerprint density at radius 3 is 2.65 bits per heavy atom. The molecular formula is C17H12N2O4. The maximum atomic E-state index is 12.6. The molecule has 0 saturated heterocycles. The van der Waals surface area contributed by atoms with Crippen LogP contribution in [0.4, 0.5) is 5.69 Å². The van der Waals surface area contributed by atoms with E-state index in [2.05, 4.69) is 0 Å². The summed E-state index contributed by atoms with van der Waals surface area (Å²) >= 11 is 0. The first-order valence-corrected chi connectivity index (χ1v) is 7.11. The van der Waals surface area contributed by atoms with Crippen molar-refractivity contribution in [2.45, 2.75) is 0 Å². The van der Waals surface area contributed by atoms with Crippen molar-refractivity contribution in [1.82, 2.24) is 4.90 Å². The monoisotopic (exact) mass is 308 g/mol. The number of carbonyl (C=O) groups is 1. The Morgan fingerprint density at radius 2 is 1.87 bits per heavy atom. The van der Waals surface area contributed by atoms with Crippen molar-refractivity contribution >= 4 is 22.7 Å². The molecule has 2 aliphatic rings. The molecule has 0 saturated carbocycles. The van der Waals surface area contributed by atoms with Gasteiger partial charge in [-0.2, -0.15) is 0 Å². The molecule has 2 aromatic rings. The number of hydrogen-bond acceptors (Lipinski definition) is 4. The zero-order chi connectivity index (χ0) is 16.1. The average Bonchev–Trinajstić information content (AvgIpc) is 2.76. The number of fused-ring (bicyclic) bond motifs is 4. The molecule has 0 radical (unpaired) electrons. The smallest absolute Gasteiger partial charge is 0.270 e. The van der Waals surface area contributed by atoms with Crippen LogP contribution < -0.4 is 4.74 Å². The first-order chi connectivity index (χ1) is 11.1. The first kappa shape index (κ1) is 13.5. The largest absolute Gasteiger partial charge is 0.456 e. The Hall–Kier alpha value is -3.15. The molecule has 2 aromatic carbocycles. The van der Waals surface area contributed by atoms with Gasteiger partial charge in [0.2, 0.25) is 0 Å². The maximum Gasteiger partial charge on any atom is 0.270 e. The summed E-state index contributed by atoms with van der Waals surface area (Å²) in [6.45, 7) is 0.455. The molecule has 0 N–H and O–H groups in total. The predicted molar refractivity (Wildman–Crippen MR) is 84.1 cm³/mol. The van der Waals surface area contributed by atoms with E-state index in [1.165, 1.54) is 12.1 Å². The molecule has 0 bridgehead atoms. The fraction of sp³-hybridized carbons (Fsp3) is 0.118. The van der Waals surface area contributed by atoms with Gasteiger partial charge >= 0.3 is 0 Å². The van der Waals surface area contributed by atoms with Crippen LogP contribution in [0.1, 0.15) is 11.1 Å². The number of rotatable bonds is 1. The van der Waals surface area contributed by atoms with Gasteiger partial charge in [0.15, 0.2) is 0 Å². The van der Waals surface area contributed by atoms with Gasteiger partial charge in [-0.3, -0.25) is 14.9 Å². The van der Waals surface area contributed by atoms with E-state index in [4.69, 9.17) is 4.74 Å². The van der Waals surface area contributed by atoms with Crippen LogP contribution in [0.5, 0.6) is 11.5 Å². The molecule has 0 spiro atoms.